The minimum Gasteiger partial charge on any atom is -0.339 e. The second kappa shape index (κ2) is 6.80. The van der Waals surface area contributed by atoms with E-state index in [4.69, 9.17) is 11.6 Å². The number of nitrogens with zero attached hydrogens (tertiary/aromatic N) is 1. The predicted molar refractivity (Wildman–Crippen MR) is 68.4 cm³/mol. The Balaban J connectivity index is 2.82. The number of amides is 1. The van der Waals surface area contributed by atoms with Crippen molar-refractivity contribution in [3.8, 4) is 0 Å². The van der Waals surface area contributed by atoms with Crippen molar-refractivity contribution < 1.29 is 18.0 Å². The van der Waals surface area contributed by atoms with Crippen LogP contribution in [0.15, 0.2) is 24.3 Å². The summed E-state index contributed by atoms with van der Waals surface area (Å²) >= 11 is 5.56. The minimum absolute atomic E-state index is 0.254. The number of halogens is 4. The molecular weight excluding hydrogens is 279 g/mol. The Morgan fingerprint density at radius 1 is 1.26 bits per heavy atom. The fourth-order valence-corrected chi connectivity index (χ4v) is 1.76. The van der Waals surface area contributed by atoms with E-state index in [1.807, 2.05) is 6.92 Å². The van der Waals surface area contributed by atoms with Gasteiger partial charge in [-0.15, -0.1) is 11.6 Å². The maximum absolute atomic E-state index is 12.4. The Hall–Kier alpha value is -1.23. The molecule has 106 valence electrons. The van der Waals surface area contributed by atoms with Gasteiger partial charge in [-0.3, -0.25) is 4.79 Å². The zero-order valence-electron chi connectivity index (χ0n) is 10.5. The molecule has 0 heterocycles. The summed E-state index contributed by atoms with van der Waals surface area (Å²) in [4.78, 5) is 13.6. The van der Waals surface area contributed by atoms with E-state index in [-0.39, 0.29) is 11.5 Å². The summed E-state index contributed by atoms with van der Waals surface area (Å²) in [6.45, 7) is 2.81. The first-order chi connectivity index (χ1) is 8.90. The number of hydrogen-bond acceptors (Lipinski definition) is 1. The first kappa shape index (κ1) is 15.8. The molecular formula is C13H15ClF3NO. The summed E-state index contributed by atoms with van der Waals surface area (Å²) < 4.78 is 37.2. The van der Waals surface area contributed by atoms with Crippen molar-refractivity contribution in [2.45, 2.75) is 19.5 Å². The van der Waals surface area contributed by atoms with Crippen molar-refractivity contribution in [1.29, 1.82) is 0 Å². The monoisotopic (exact) mass is 293 g/mol. The van der Waals surface area contributed by atoms with E-state index in [0.29, 0.717) is 25.4 Å². The van der Waals surface area contributed by atoms with Crippen LogP contribution in [0.4, 0.5) is 13.2 Å². The van der Waals surface area contributed by atoms with Gasteiger partial charge in [0.15, 0.2) is 0 Å². The van der Waals surface area contributed by atoms with Gasteiger partial charge in [0.05, 0.1) is 5.56 Å². The summed E-state index contributed by atoms with van der Waals surface area (Å²) in [5, 5.41) is 0. The van der Waals surface area contributed by atoms with Gasteiger partial charge in [-0.25, -0.2) is 0 Å². The summed E-state index contributed by atoms with van der Waals surface area (Å²) in [6.07, 6.45) is -3.73. The summed E-state index contributed by atoms with van der Waals surface area (Å²) in [5.74, 6) is 0.165. The SMILES string of the molecule is CCN(CCCCl)C(=O)c1ccc(C(F)(F)F)cc1. The van der Waals surface area contributed by atoms with Crippen LogP contribution in [0.2, 0.25) is 0 Å². The number of carbonyl (C=O) groups excluding carboxylic acids is 1. The van der Waals surface area contributed by atoms with Crippen LogP contribution in [0.5, 0.6) is 0 Å². The summed E-state index contributed by atoms with van der Waals surface area (Å²) in [5.41, 5.74) is -0.503. The Morgan fingerprint density at radius 2 is 1.84 bits per heavy atom. The van der Waals surface area contributed by atoms with Crippen LogP contribution in [0.3, 0.4) is 0 Å². The van der Waals surface area contributed by atoms with Crippen LogP contribution in [-0.4, -0.2) is 29.8 Å². The fraction of sp³-hybridized carbons (Fsp3) is 0.462. The molecule has 2 nitrogen and oxygen atoms in total. The molecule has 1 aromatic carbocycles. The molecule has 0 radical (unpaired) electrons. The van der Waals surface area contributed by atoms with Gasteiger partial charge in [0.2, 0.25) is 0 Å². The molecule has 19 heavy (non-hydrogen) atoms. The van der Waals surface area contributed by atoms with Gasteiger partial charge in [-0.05, 0) is 37.6 Å². The van der Waals surface area contributed by atoms with Gasteiger partial charge in [0, 0.05) is 24.5 Å². The maximum Gasteiger partial charge on any atom is 0.416 e. The lowest BCUT2D eigenvalue weighted by Gasteiger charge is -2.20. The maximum atomic E-state index is 12.4. The largest absolute Gasteiger partial charge is 0.416 e. The second-order valence-electron chi connectivity index (χ2n) is 4.00. The van der Waals surface area contributed by atoms with E-state index in [0.717, 1.165) is 12.1 Å². The lowest BCUT2D eigenvalue weighted by atomic mass is 10.1. The first-order valence-electron chi connectivity index (χ1n) is 5.92. The lowest BCUT2D eigenvalue weighted by molar-refractivity contribution is -0.137. The topological polar surface area (TPSA) is 20.3 Å². The normalized spacial score (nSPS) is 11.4. The molecule has 0 aliphatic rings. The van der Waals surface area contributed by atoms with Gasteiger partial charge in [0.25, 0.3) is 5.91 Å². The van der Waals surface area contributed by atoms with Crippen molar-refractivity contribution >= 4 is 17.5 Å². The van der Waals surface area contributed by atoms with Gasteiger partial charge in [-0.1, -0.05) is 0 Å². The average molecular weight is 294 g/mol. The molecule has 0 saturated carbocycles. The molecule has 0 N–H and O–H groups in total. The van der Waals surface area contributed by atoms with Crippen LogP contribution in [0.1, 0.15) is 29.3 Å². The van der Waals surface area contributed by atoms with Crippen molar-refractivity contribution in [3.05, 3.63) is 35.4 Å². The van der Waals surface area contributed by atoms with Crippen molar-refractivity contribution in [3.63, 3.8) is 0 Å². The molecule has 0 spiro atoms. The molecule has 0 unspecified atom stereocenters. The molecule has 0 atom stereocenters. The molecule has 0 saturated heterocycles. The number of hydrogen-bond donors (Lipinski definition) is 0. The van der Waals surface area contributed by atoms with Crippen molar-refractivity contribution in [2.24, 2.45) is 0 Å². The van der Waals surface area contributed by atoms with E-state index in [1.165, 1.54) is 12.1 Å². The molecule has 0 aromatic heterocycles. The van der Waals surface area contributed by atoms with E-state index >= 15 is 0 Å². The minimum atomic E-state index is -4.38. The van der Waals surface area contributed by atoms with E-state index in [9.17, 15) is 18.0 Å². The molecule has 1 rings (SSSR count). The highest BCUT2D eigenvalue weighted by molar-refractivity contribution is 6.17. The quantitative estimate of drug-likeness (QED) is 0.756. The molecule has 0 bridgehead atoms. The highest BCUT2D eigenvalue weighted by atomic mass is 35.5. The van der Waals surface area contributed by atoms with E-state index in [2.05, 4.69) is 0 Å². The van der Waals surface area contributed by atoms with Crippen LogP contribution in [0, 0.1) is 0 Å². The molecule has 0 fully saturated rings. The Morgan fingerprint density at radius 3 is 2.26 bits per heavy atom. The van der Waals surface area contributed by atoms with E-state index in [1.54, 1.807) is 4.90 Å². The van der Waals surface area contributed by atoms with Gasteiger partial charge < -0.3 is 4.90 Å². The van der Waals surface area contributed by atoms with E-state index < -0.39 is 11.7 Å². The van der Waals surface area contributed by atoms with Crippen LogP contribution < -0.4 is 0 Å². The number of benzene rings is 1. The van der Waals surface area contributed by atoms with Crippen LogP contribution >= 0.6 is 11.6 Å². The zero-order valence-corrected chi connectivity index (χ0v) is 11.3. The number of alkyl halides is 4. The third kappa shape index (κ3) is 4.42. The highest BCUT2D eigenvalue weighted by Gasteiger charge is 2.30. The molecule has 0 aliphatic heterocycles. The smallest absolute Gasteiger partial charge is 0.339 e. The Kier molecular flexibility index (Phi) is 5.66. The standard InChI is InChI=1S/C13H15ClF3NO/c1-2-18(9-3-8-14)12(19)10-4-6-11(7-5-10)13(15,16)17/h4-7H,2-3,8-9H2,1H3. The van der Waals surface area contributed by atoms with Gasteiger partial charge in [0.1, 0.15) is 0 Å². The van der Waals surface area contributed by atoms with Crippen molar-refractivity contribution in [1.82, 2.24) is 4.90 Å². The summed E-state index contributed by atoms with van der Waals surface area (Å²) in [7, 11) is 0. The second-order valence-corrected chi connectivity index (χ2v) is 4.38. The molecule has 6 heteroatoms. The first-order valence-corrected chi connectivity index (χ1v) is 6.46. The molecule has 0 aliphatic carbocycles. The summed E-state index contributed by atoms with van der Waals surface area (Å²) in [6, 6.07) is 4.24. The number of carbonyl (C=O) groups is 1. The van der Waals surface area contributed by atoms with Crippen LogP contribution in [-0.2, 0) is 6.18 Å². The third-order valence-corrected chi connectivity index (χ3v) is 2.96. The van der Waals surface area contributed by atoms with Crippen molar-refractivity contribution in [2.75, 3.05) is 19.0 Å². The fourth-order valence-electron chi connectivity index (χ4n) is 1.64. The van der Waals surface area contributed by atoms with Gasteiger partial charge >= 0.3 is 6.18 Å². The molecule has 1 aromatic rings. The highest BCUT2D eigenvalue weighted by Crippen LogP contribution is 2.29. The Bertz CT molecular complexity index is 417. The zero-order chi connectivity index (χ0) is 14.5. The predicted octanol–water partition coefficient (Wildman–Crippen LogP) is 3.80. The lowest BCUT2D eigenvalue weighted by Crippen LogP contribution is -2.32. The van der Waals surface area contributed by atoms with Crippen LogP contribution in [0.25, 0.3) is 0 Å². The number of rotatable bonds is 5. The Labute approximate surface area is 115 Å². The third-order valence-electron chi connectivity index (χ3n) is 2.69. The average Bonchev–Trinajstić information content (AvgIpc) is 2.38. The van der Waals surface area contributed by atoms with Gasteiger partial charge in [-0.2, -0.15) is 13.2 Å². The molecule has 1 amide bonds.